The summed E-state index contributed by atoms with van der Waals surface area (Å²) < 4.78 is 37.7. The normalized spacial score (nSPS) is 14.3. The fourth-order valence-corrected chi connectivity index (χ4v) is 2.95. The second-order valence-electron chi connectivity index (χ2n) is 5.35. The molecule has 0 saturated carbocycles. The highest BCUT2D eigenvalue weighted by atomic mass is 32.1. The summed E-state index contributed by atoms with van der Waals surface area (Å²) in [7, 11) is 1.49. The molecular formula is C15H16F3N3OS. The van der Waals surface area contributed by atoms with Gasteiger partial charge in [0.15, 0.2) is 5.69 Å². The first-order valence-corrected chi connectivity index (χ1v) is 7.62. The lowest BCUT2D eigenvalue weighted by molar-refractivity contribution is -0.140. The van der Waals surface area contributed by atoms with Gasteiger partial charge >= 0.3 is 6.18 Å². The van der Waals surface area contributed by atoms with Gasteiger partial charge in [0.1, 0.15) is 10.5 Å². The summed E-state index contributed by atoms with van der Waals surface area (Å²) in [5.74, 6) is -0.396. The Balaban J connectivity index is 2.12. The van der Waals surface area contributed by atoms with E-state index in [4.69, 9.17) is 5.73 Å². The van der Waals surface area contributed by atoms with Gasteiger partial charge in [0.2, 0.25) is 5.91 Å². The van der Waals surface area contributed by atoms with Crippen LogP contribution in [0.25, 0.3) is 0 Å². The van der Waals surface area contributed by atoms with E-state index in [0.717, 1.165) is 16.7 Å². The number of likely N-dealkylation sites (N-methyl/N-ethyl adjacent to an activating group) is 1. The molecule has 2 aromatic rings. The summed E-state index contributed by atoms with van der Waals surface area (Å²) in [5, 5.41) is 1.14. The minimum Gasteiger partial charge on any atom is -0.337 e. The Morgan fingerprint density at radius 3 is 2.43 bits per heavy atom. The van der Waals surface area contributed by atoms with Crippen LogP contribution in [0.4, 0.5) is 13.2 Å². The maximum absolute atomic E-state index is 12.6. The highest BCUT2D eigenvalue weighted by molar-refractivity contribution is 7.09. The van der Waals surface area contributed by atoms with E-state index in [0.29, 0.717) is 5.56 Å². The molecule has 0 radical (unpaired) electrons. The van der Waals surface area contributed by atoms with Crippen LogP contribution < -0.4 is 5.73 Å². The molecule has 1 aromatic carbocycles. The van der Waals surface area contributed by atoms with Crippen LogP contribution in [0.3, 0.4) is 0 Å². The number of alkyl halides is 3. The first-order chi connectivity index (χ1) is 10.6. The van der Waals surface area contributed by atoms with E-state index in [1.165, 1.54) is 11.9 Å². The van der Waals surface area contributed by atoms with Crippen molar-refractivity contribution in [1.82, 2.24) is 9.88 Å². The van der Waals surface area contributed by atoms with Crippen molar-refractivity contribution in [3.63, 3.8) is 0 Å². The molecule has 2 rings (SSSR count). The molecule has 1 heterocycles. The van der Waals surface area contributed by atoms with Crippen LogP contribution >= 0.6 is 11.3 Å². The Morgan fingerprint density at radius 1 is 1.30 bits per heavy atom. The van der Waals surface area contributed by atoms with E-state index in [2.05, 4.69) is 4.98 Å². The van der Waals surface area contributed by atoms with E-state index < -0.39 is 23.3 Å². The Labute approximate surface area is 135 Å². The third-order valence-corrected chi connectivity index (χ3v) is 4.21. The quantitative estimate of drug-likeness (QED) is 0.928. The van der Waals surface area contributed by atoms with Crippen molar-refractivity contribution >= 4 is 17.2 Å². The minimum absolute atomic E-state index is 0.0286. The molecule has 0 saturated heterocycles. The molecule has 0 aliphatic carbocycles. The lowest BCUT2D eigenvalue weighted by atomic mass is 9.92. The number of aromatic nitrogens is 1. The Hall–Kier alpha value is -1.93. The van der Waals surface area contributed by atoms with E-state index in [1.54, 1.807) is 31.2 Å². The standard InChI is InChI=1S/C15H16F3N3OS/c1-14(19,10-6-4-3-5-7-10)13(22)21(2)8-12-20-11(9-23-12)15(16,17)18/h3-7,9H,8,19H2,1-2H3. The van der Waals surface area contributed by atoms with Gasteiger partial charge in [-0.05, 0) is 12.5 Å². The monoisotopic (exact) mass is 343 g/mol. The number of rotatable bonds is 4. The molecule has 1 unspecified atom stereocenters. The molecule has 4 nitrogen and oxygen atoms in total. The second kappa shape index (κ2) is 6.29. The summed E-state index contributed by atoms with van der Waals surface area (Å²) >= 11 is 0.863. The summed E-state index contributed by atoms with van der Waals surface area (Å²) in [6.07, 6.45) is -4.48. The SMILES string of the molecule is CN(Cc1nc(C(F)(F)F)cs1)C(=O)C(C)(N)c1ccccc1. The number of nitrogens with zero attached hydrogens (tertiary/aromatic N) is 2. The second-order valence-corrected chi connectivity index (χ2v) is 6.30. The number of thiazole rings is 1. The number of hydrogen-bond donors (Lipinski definition) is 1. The third-order valence-electron chi connectivity index (χ3n) is 3.38. The Morgan fingerprint density at radius 2 is 1.91 bits per heavy atom. The highest BCUT2D eigenvalue weighted by Crippen LogP contribution is 2.30. The number of carbonyl (C=O) groups excluding carboxylic acids is 1. The van der Waals surface area contributed by atoms with Crippen molar-refractivity contribution in [1.29, 1.82) is 0 Å². The van der Waals surface area contributed by atoms with Crippen LogP contribution in [0.15, 0.2) is 35.7 Å². The maximum atomic E-state index is 12.6. The lowest BCUT2D eigenvalue weighted by Gasteiger charge is -2.29. The Kier molecular flexibility index (Phi) is 4.76. The first-order valence-electron chi connectivity index (χ1n) is 6.74. The maximum Gasteiger partial charge on any atom is 0.434 e. The number of carbonyl (C=O) groups is 1. The third kappa shape index (κ3) is 3.89. The molecule has 0 fully saturated rings. The van der Waals surface area contributed by atoms with E-state index >= 15 is 0 Å². The van der Waals surface area contributed by atoms with Crippen molar-refractivity contribution in [2.24, 2.45) is 5.73 Å². The van der Waals surface area contributed by atoms with Gasteiger partial charge in [-0.2, -0.15) is 13.2 Å². The van der Waals surface area contributed by atoms with Crippen molar-refractivity contribution < 1.29 is 18.0 Å². The van der Waals surface area contributed by atoms with Crippen molar-refractivity contribution in [3.8, 4) is 0 Å². The van der Waals surface area contributed by atoms with Gasteiger partial charge in [-0.3, -0.25) is 4.79 Å². The molecule has 0 aliphatic heterocycles. The zero-order chi connectivity index (χ0) is 17.3. The molecular weight excluding hydrogens is 327 g/mol. The average Bonchev–Trinajstić information content (AvgIpc) is 2.96. The van der Waals surface area contributed by atoms with E-state index in [-0.39, 0.29) is 11.6 Å². The number of benzene rings is 1. The fourth-order valence-electron chi connectivity index (χ4n) is 2.09. The minimum atomic E-state index is -4.48. The molecule has 0 aliphatic rings. The molecule has 23 heavy (non-hydrogen) atoms. The lowest BCUT2D eigenvalue weighted by Crippen LogP contribution is -2.49. The van der Waals surface area contributed by atoms with Crippen LogP contribution in [-0.4, -0.2) is 22.8 Å². The summed E-state index contributed by atoms with van der Waals surface area (Å²) in [4.78, 5) is 17.3. The number of nitrogens with two attached hydrogens (primary N) is 1. The molecule has 0 bridgehead atoms. The zero-order valence-corrected chi connectivity index (χ0v) is 13.4. The van der Waals surface area contributed by atoms with Crippen molar-refractivity contribution in [3.05, 3.63) is 52.0 Å². The molecule has 8 heteroatoms. The van der Waals surface area contributed by atoms with E-state index in [9.17, 15) is 18.0 Å². The highest BCUT2D eigenvalue weighted by Gasteiger charge is 2.35. The molecule has 124 valence electrons. The Bertz CT molecular complexity index is 683. The molecule has 2 N–H and O–H groups in total. The summed E-state index contributed by atoms with van der Waals surface area (Å²) in [6, 6.07) is 8.81. The molecule has 1 amide bonds. The number of amides is 1. The van der Waals surface area contributed by atoms with Gasteiger partial charge in [0, 0.05) is 12.4 Å². The van der Waals surface area contributed by atoms with Crippen molar-refractivity contribution in [2.75, 3.05) is 7.05 Å². The average molecular weight is 343 g/mol. The van der Waals surface area contributed by atoms with Crippen LogP contribution in [0, 0.1) is 0 Å². The van der Waals surface area contributed by atoms with Crippen molar-refractivity contribution in [2.45, 2.75) is 25.2 Å². The van der Waals surface area contributed by atoms with Gasteiger partial charge in [-0.1, -0.05) is 30.3 Å². The smallest absolute Gasteiger partial charge is 0.337 e. The fraction of sp³-hybridized carbons (Fsp3) is 0.333. The van der Waals surface area contributed by atoms with Gasteiger partial charge in [-0.25, -0.2) is 4.98 Å². The van der Waals surface area contributed by atoms with E-state index in [1.807, 2.05) is 6.07 Å². The van der Waals surface area contributed by atoms with Crippen LogP contribution in [-0.2, 0) is 23.1 Å². The van der Waals surface area contributed by atoms with Gasteiger partial charge < -0.3 is 10.6 Å². The van der Waals surface area contributed by atoms with Crippen LogP contribution in [0.5, 0.6) is 0 Å². The zero-order valence-electron chi connectivity index (χ0n) is 12.6. The predicted octanol–water partition coefficient (Wildman–Crippen LogP) is 2.99. The predicted molar refractivity (Wildman–Crippen MR) is 81.6 cm³/mol. The number of halogens is 3. The summed E-state index contributed by atoms with van der Waals surface area (Å²) in [5.41, 5.74) is 4.54. The van der Waals surface area contributed by atoms with Gasteiger partial charge in [0.25, 0.3) is 0 Å². The van der Waals surface area contributed by atoms with Crippen LogP contribution in [0.1, 0.15) is 23.2 Å². The largest absolute Gasteiger partial charge is 0.434 e. The molecule has 1 atom stereocenters. The topological polar surface area (TPSA) is 59.2 Å². The molecule has 0 spiro atoms. The first kappa shape index (κ1) is 17.4. The number of hydrogen-bond acceptors (Lipinski definition) is 4. The van der Waals surface area contributed by atoms with Gasteiger partial charge in [-0.15, -0.1) is 11.3 Å². The van der Waals surface area contributed by atoms with Gasteiger partial charge in [0.05, 0.1) is 6.54 Å². The summed E-state index contributed by atoms with van der Waals surface area (Å²) in [6.45, 7) is 1.55. The molecule has 1 aromatic heterocycles. The van der Waals surface area contributed by atoms with Crippen LogP contribution in [0.2, 0.25) is 0 Å².